The number of oxazole rings is 1. The molecule has 1 aliphatic heterocycles. The predicted octanol–water partition coefficient (Wildman–Crippen LogP) is 5.02. The van der Waals surface area contributed by atoms with E-state index in [1.165, 1.54) is 23.4 Å². The molecule has 1 unspecified atom stereocenters. The zero-order chi connectivity index (χ0) is 20.8. The van der Waals surface area contributed by atoms with E-state index in [-0.39, 0.29) is 5.82 Å². The summed E-state index contributed by atoms with van der Waals surface area (Å²) in [6.45, 7) is 2.84. The molecule has 6 heteroatoms. The molecule has 2 aliphatic rings. The normalized spacial score (nSPS) is 19.2. The van der Waals surface area contributed by atoms with Gasteiger partial charge in [-0.25, -0.2) is 14.1 Å². The Balaban J connectivity index is 1.24. The highest BCUT2D eigenvalue weighted by atomic mass is 19.1. The minimum atomic E-state index is -0.216. The Morgan fingerprint density at radius 3 is 2.77 bits per heavy atom. The van der Waals surface area contributed by atoms with Gasteiger partial charge in [0.05, 0.1) is 11.4 Å². The van der Waals surface area contributed by atoms with Crippen molar-refractivity contribution in [2.24, 2.45) is 0 Å². The first-order valence-electron chi connectivity index (χ1n) is 11.2. The van der Waals surface area contributed by atoms with Crippen LogP contribution in [0.25, 0.3) is 16.8 Å². The zero-order valence-electron chi connectivity index (χ0n) is 17.4. The maximum absolute atomic E-state index is 13.4. The molecule has 2 aromatic carbocycles. The molecule has 158 valence electrons. The molecule has 0 N–H and O–H groups in total. The van der Waals surface area contributed by atoms with Crippen molar-refractivity contribution in [2.75, 3.05) is 13.1 Å². The summed E-state index contributed by atoms with van der Waals surface area (Å²) in [6.07, 6.45) is 5.50. The summed E-state index contributed by atoms with van der Waals surface area (Å²) in [5.41, 5.74) is 6.57. The van der Waals surface area contributed by atoms with Gasteiger partial charge < -0.3 is 4.42 Å². The molecular formula is C25H25FN4O. The number of hydrogen-bond acceptors (Lipinski definition) is 4. The van der Waals surface area contributed by atoms with Crippen molar-refractivity contribution in [3.8, 4) is 5.69 Å². The number of rotatable bonds is 4. The Hall–Kier alpha value is -2.99. The third-order valence-corrected chi connectivity index (χ3v) is 6.62. The maximum atomic E-state index is 13.4. The van der Waals surface area contributed by atoms with Crippen LogP contribution in [0.15, 0.2) is 52.9 Å². The summed E-state index contributed by atoms with van der Waals surface area (Å²) in [7, 11) is 0. The van der Waals surface area contributed by atoms with Crippen molar-refractivity contribution in [2.45, 2.75) is 44.6 Å². The molecule has 5 nitrogen and oxygen atoms in total. The highest BCUT2D eigenvalue weighted by Gasteiger charge is 2.29. The lowest BCUT2D eigenvalue weighted by Gasteiger charge is -2.30. The number of nitrogens with zero attached hydrogens (tertiary/aromatic N) is 4. The molecule has 0 amide bonds. The highest BCUT2D eigenvalue weighted by molar-refractivity contribution is 5.72. The van der Waals surface area contributed by atoms with Crippen LogP contribution in [0.1, 0.15) is 48.0 Å². The van der Waals surface area contributed by atoms with Crippen molar-refractivity contribution >= 4 is 11.1 Å². The topological polar surface area (TPSA) is 47.1 Å². The van der Waals surface area contributed by atoms with Gasteiger partial charge in [-0.2, -0.15) is 5.10 Å². The van der Waals surface area contributed by atoms with Crippen molar-refractivity contribution in [3.63, 3.8) is 0 Å². The second kappa shape index (κ2) is 7.61. The second-order valence-electron chi connectivity index (χ2n) is 8.71. The number of aromatic nitrogens is 3. The van der Waals surface area contributed by atoms with Crippen LogP contribution >= 0.6 is 0 Å². The lowest BCUT2D eigenvalue weighted by atomic mass is 9.97. The first-order chi connectivity index (χ1) is 15.2. The van der Waals surface area contributed by atoms with Gasteiger partial charge >= 0.3 is 0 Å². The van der Waals surface area contributed by atoms with Gasteiger partial charge in [0.1, 0.15) is 11.3 Å². The minimum Gasteiger partial charge on any atom is -0.440 e. The predicted molar refractivity (Wildman–Crippen MR) is 117 cm³/mol. The van der Waals surface area contributed by atoms with Crippen LogP contribution in [0, 0.1) is 5.82 Å². The molecule has 31 heavy (non-hydrogen) atoms. The van der Waals surface area contributed by atoms with E-state index in [4.69, 9.17) is 14.5 Å². The number of benzene rings is 2. The van der Waals surface area contributed by atoms with Gasteiger partial charge in [-0.3, -0.25) is 4.90 Å². The number of para-hydroxylation sites is 2. The summed E-state index contributed by atoms with van der Waals surface area (Å²) < 4.78 is 21.5. The summed E-state index contributed by atoms with van der Waals surface area (Å²) in [5, 5.41) is 4.97. The third-order valence-electron chi connectivity index (χ3n) is 6.62. The Morgan fingerprint density at radius 1 is 1.03 bits per heavy atom. The van der Waals surface area contributed by atoms with E-state index >= 15 is 0 Å². The van der Waals surface area contributed by atoms with Crippen LogP contribution in [-0.4, -0.2) is 32.8 Å². The van der Waals surface area contributed by atoms with Crippen molar-refractivity contribution < 1.29 is 8.81 Å². The first-order valence-corrected chi connectivity index (χ1v) is 11.2. The molecule has 3 heterocycles. The molecule has 1 fully saturated rings. The lowest BCUT2D eigenvalue weighted by molar-refractivity contribution is 0.185. The Kier molecular flexibility index (Phi) is 4.60. The minimum absolute atomic E-state index is 0.216. The summed E-state index contributed by atoms with van der Waals surface area (Å²) >= 11 is 0. The lowest BCUT2D eigenvalue weighted by Crippen LogP contribution is -2.34. The van der Waals surface area contributed by atoms with E-state index in [1.807, 2.05) is 41.1 Å². The van der Waals surface area contributed by atoms with Crippen LogP contribution in [-0.2, 0) is 19.4 Å². The van der Waals surface area contributed by atoms with Gasteiger partial charge in [-0.05, 0) is 80.6 Å². The van der Waals surface area contributed by atoms with Crippen LogP contribution < -0.4 is 0 Å². The molecular weight excluding hydrogens is 391 g/mol. The third kappa shape index (κ3) is 3.45. The van der Waals surface area contributed by atoms with Gasteiger partial charge in [-0.15, -0.1) is 0 Å². The molecule has 2 aromatic heterocycles. The van der Waals surface area contributed by atoms with E-state index in [1.54, 1.807) is 0 Å². The number of likely N-dealkylation sites (tertiary alicyclic amines) is 1. The fourth-order valence-corrected chi connectivity index (χ4v) is 5.11. The fourth-order valence-electron chi connectivity index (χ4n) is 5.11. The number of piperidine rings is 1. The van der Waals surface area contributed by atoms with Crippen molar-refractivity contribution in [1.82, 2.24) is 19.7 Å². The molecule has 0 radical (unpaired) electrons. The molecule has 0 saturated carbocycles. The zero-order valence-corrected chi connectivity index (χ0v) is 17.4. The standard InChI is InChI=1S/C25H25FN4O/c26-18-10-12-19(13-11-18)30-23-8-3-6-20(23)22(28-30)16-29-14-4-5-17(15-29)25-27-21-7-1-2-9-24(21)31-25/h1-2,7,9-13,17H,3-6,8,14-16H2. The van der Waals surface area contributed by atoms with Gasteiger partial charge in [0, 0.05) is 24.7 Å². The number of halogens is 1. The van der Waals surface area contributed by atoms with E-state index in [9.17, 15) is 4.39 Å². The van der Waals surface area contributed by atoms with Gasteiger partial charge in [0.2, 0.25) is 0 Å². The van der Waals surface area contributed by atoms with Gasteiger partial charge in [0.15, 0.2) is 11.5 Å². The largest absolute Gasteiger partial charge is 0.440 e. The molecule has 4 aromatic rings. The smallest absolute Gasteiger partial charge is 0.199 e. The summed E-state index contributed by atoms with van der Waals surface area (Å²) in [5.74, 6) is 0.952. The summed E-state index contributed by atoms with van der Waals surface area (Å²) in [4.78, 5) is 7.23. The fraction of sp³-hybridized carbons (Fsp3) is 0.360. The van der Waals surface area contributed by atoms with Crippen LogP contribution in [0.4, 0.5) is 4.39 Å². The van der Waals surface area contributed by atoms with E-state index in [0.717, 1.165) is 80.1 Å². The molecule has 1 atom stereocenters. The van der Waals surface area contributed by atoms with E-state index in [0.29, 0.717) is 5.92 Å². The van der Waals surface area contributed by atoms with Crippen molar-refractivity contribution in [3.05, 3.63) is 77.2 Å². The van der Waals surface area contributed by atoms with Crippen LogP contribution in [0.2, 0.25) is 0 Å². The Morgan fingerprint density at radius 2 is 1.90 bits per heavy atom. The molecule has 1 aliphatic carbocycles. The molecule has 6 rings (SSSR count). The number of fused-ring (bicyclic) bond motifs is 2. The monoisotopic (exact) mass is 416 g/mol. The Labute approximate surface area is 180 Å². The number of hydrogen-bond donors (Lipinski definition) is 0. The van der Waals surface area contributed by atoms with Crippen LogP contribution in [0.5, 0.6) is 0 Å². The SMILES string of the molecule is Fc1ccc(-n2nc(CN3CCCC(c4nc5ccccc5o4)C3)c3c2CCC3)cc1. The maximum Gasteiger partial charge on any atom is 0.199 e. The average Bonchev–Trinajstić information content (AvgIpc) is 3.51. The Bertz CT molecular complexity index is 1190. The van der Waals surface area contributed by atoms with Gasteiger partial charge in [0.25, 0.3) is 0 Å². The first kappa shape index (κ1) is 18.8. The quantitative estimate of drug-likeness (QED) is 0.469. The average molecular weight is 417 g/mol. The molecule has 0 bridgehead atoms. The van der Waals surface area contributed by atoms with Crippen LogP contribution in [0.3, 0.4) is 0 Å². The molecule has 1 saturated heterocycles. The highest BCUT2D eigenvalue weighted by Crippen LogP contribution is 2.32. The van der Waals surface area contributed by atoms with E-state index in [2.05, 4.69) is 4.90 Å². The molecule has 0 spiro atoms. The summed E-state index contributed by atoms with van der Waals surface area (Å²) in [6, 6.07) is 14.6. The second-order valence-corrected chi connectivity index (χ2v) is 8.71. The van der Waals surface area contributed by atoms with Crippen molar-refractivity contribution in [1.29, 1.82) is 0 Å². The van der Waals surface area contributed by atoms with E-state index < -0.39 is 0 Å². The van der Waals surface area contributed by atoms with Gasteiger partial charge in [-0.1, -0.05) is 12.1 Å².